The third-order valence-electron chi connectivity index (χ3n) is 3.19. The Labute approximate surface area is 122 Å². The highest BCUT2D eigenvalue weighted by atomic mass is 32.2. The van der Waals surface area contributed by atoms with E-state index in [4.69, 9.17) is 5.73 Å². The van der Waals surface area contributed by atoms with Gasteiger partial charge in [0.05, 0.1) is 15.6 Å². The maximum absolute atomic E-state index is 12.5. The molecule has 0 unspecified atom stereocenters. The van der Waals surface area contributed by atoms with Crippen LogP contribution in [0.25, 0.3) is 0 Å². The summed E-state index contributed by atoms with van der Waals surface area (Å²) in [6.45, 7) is 1.61. The van der Waals surface area contributed by atoms with Crippen molar-refractivity contribution in [1.29, 1.82) is 0 Å². The predicted octanol–water partition coefficient (Wildman–Crippen LogP) is 2.46. The van der Waals surface area contributed by atoms with Crippen molar-refractivity contribution in [3.63, 3.8) is 0 Å². The smallest absolute Gasteiger partial charge is 0.273 e. The molecule has 2 rings (SSSR count). The molecule has 110 valence electrons. The van der Waals surface area contributed by atoms with Gasteiger partial charge in [-0.1, -0.05) is 24.3 Å². The molecular formula is C14H14N2O4S. The number of nitro benzene ring substituents is 1. The Balaban J connectivity index is 2.48. The molecule has 0 aliphatic heterocycles. The maximum atomic E-state index is 12.5. The van der Waals surface area contributed by atoms with Crippen molar-refractivity contribution in [2.24, 2.45) is 0 Å². The Bertz CT molecular complexity index is 800. The number of nitrogens with two attached hydrogens (primary N) is 1. The highest BCUT2D eigenvalue weighted by Crippen LogP contribution is 2.27. The minimum absolute atomic E-state index is 0.0978. The lowest BCUT2D eigenvalue weighted by atomic mass is 10.2. The average molecular weight is 306 g/mol. The Morgan fingerprint density at radius 3 is 2.48 bits per heavy atom. The minimum atomic E-state index is -3.71. The molecule has 0 saturated carbocycles. The molecule has 0 bridgehead atoms. The van der Waals surface area contributed by atoms with Gasteiger partial charge in [-0.15, -0.1) is 0 Å². The summed E-state index contributed by atoms with van der Waals surface area (Å²) in [7, 11) is -3.71. The SMILES string of the molecule is Cc1c(N)cccc1S(=O)(=O)Cc1ccccc1[N+](=O)[O-]. The molecule has 7 heteroatoms. The van der Waals surface area contributed by atoms with Crippen LogP contribution in [0.2, 0.25) is 0 Å². The third-order valence-corrected chi connectivity index (χ3v) is 5.00. The molecule has 0 spiro atoms. The molecule has 0 amide bonds. The summed E-state index contributed by atoms with van der Waals surface area (Å²) in [5, 5.41) is 11.0. The van der Waals surface area contributed by atoms with Crippen LogP contribution in [0.3, 0.4) is 0 Å². The van der Waals surface area contributed by atoms with Crippen molar-refractivity contribution in [2.45, 2.75) is 17.6 Å². The van der Waals surface area contributed by atoms with Gasteiger partial charge in [-0.2, -0.15) is 0 Å². The first-order valence-electron chi connectivity index (χ1n) is 6.13. The van der Waals surface area contributed by atoms with Crippen molar-refractivity contribution >= 4 is 21.2 Å². The quantitative estimate of drug-likeness (QED) is 0.531. The summed E-state index contributed by atoms with van der Waals surface area (Å²) in [6.07, 6.45) is 0. The molecule has 0 aliphatic carbocycles. The number of anilines is 1. The van der Waals surface area contributed by atoms with Crippen molar-refractivity contribution in [1.82, 2.24) is 0 Å². The number of para-hydroxylation sites is 1. The summed E-state index contributed by atoms with van der Waals surface area (Å²) in [5.41, 5.74) is 6.50. The number of nitrogens with zero attached hydrogens (tertiary/aromatic N) is 1. The van der Waals surface area contributed by atoms with Gasteiger partial charge in [-0.25, -0.2) is 8.42 Å². The highest BCUT2D eigenvalue weighted by molar-refractivity contribution is 7.90. The van der Waals surface area contributed by atoms with Crippen LogP contribution in [0, 0.1) is 17.0 Å². The van der Waals surface area contributed by atoms with Crippen LogP contribution < -0.4 is 5.73 Å². The fourth-order valence-electron chi connectivity index (χ4n) is 2.06. The number of sulfone groups is 1. The fourth-order valence-corrected chi connectivity index (χ4v) is 3.74. The summed E-state index contributed by atoms with van der Waals surface area (Å²) in [5.74, 6) is -0.436. The first-order chi connectivity index (χ1) is 9.83. The molecule has 0 fully saturated rings. The number of nitro groups is 1. The number of nitrogen functional groups attached to an aromatic ring is 1. The van der Waals surface area contributed by atoms with Crippen molar-refractivity contribution in [3.05, 3.63) is 63.7 Å². The zero-order chi connectivity index (χ0) is 15.6. The lowest BCUT2D eigenvalue weighted by Gasteiger charge is -2.09. The minimum Gasteiger partial charge on any atom is -0.398 e. The van der Waals surface area contributed by atoms with Crippen molar-refractivity contribution < 1.29 is 13.3 Å². The molecule has 0 atom stereocenters. The molecule has 2 aromatic rings. The average Bonchev–Trinajstić information content (AvgIpc) is 2.41. The van der Waals surface area contributed by atoms with Crippen molar-refractivity contribution in [2.75, 3.05) is 5.73 Å². The zero-order valence-electron chi connectivity index (χ0n) is 11.3. The lowest BCUT2D eigenvalue weighted by Crippen LogP contribution is -2.09. The van der Waals surface area contributed by atoms with E-state index >= 15 is 0 Å². The molecule has 0 aliphatic rings. The topological polar surface area (TPSA) is 103 Å². The molecular weight excluding hydrogens is 292 g/mol. The fraction of sp³-hybridized carbons (Fsp3) is 0.143. The van der Waals surface area contributed by atoms with E-state index in [9.17, 15) is 18.5 Å². The normalized spacial score (nSPS) is 11.3. The van der Waals surface area contributed by atoms with Gasteiger partial charge < -0.3 is 5.73 Å². The van der Waals surface area contributed by atoms with Crippen LogP contribution in [-0.2, 0) is 15.6 Å². The molecule has 2 aromatic carbocycles. The number of hydrogen-bond donors (Lipinski definition) is 1. The van der Waals surface area contributed by atoms with E-state index in [0.29, 0.717) is 11.3 Å². The van der Waals surface area contributed by atoms with E-state index in [1.165, 1.54) is 24.3 Å². The summed E-state index contributed by atoms with van der Waals surface area (Å²) >= 11 is 0. The summed E-state index contributed by atoms with van der Waals surface area (Å²) in [6, 6.07) is 10.4. The molecule has 0 heterocycles. The van der Waals surface area contributed by atoms with E-state index in [-0.39, 0.29) is 16.1 Å². The maximum Gasteiger partial charge on any atom is 0.273 e. The Morgan fingerprint density at radius 1 is 1.14 bits per heavy atom. The van der Waals surface area contributed by atoms with Gasteiger partial charge in [0.25, 0.3) is 5.69 Å². The first-order valence-corrected chi connectivity index (χ1v) is 7.78. The molecule has 6 nitrogen and oxygen atoms in total. The zero-order valence-corrected chi connectivity index (χ0v) is 12.1. The van der Waals surface area contributed by atoms with Crippen LogP contribution in [0.1, 0.15) is 11.1 Å². The van der Waals surface area contributed by atoms with Crippen LogP contribution >= 0.6 is 0 Å². The van der Waals surface area contributed by atoms with E-state index in [1.807, 2.05) is 0 Å². The van der Waals surface area contributed by atoms with Crippen LogP contribution in [-0.4, -0.2) is 13.3 Å². The van der Waals surface area contributed by atoms with Crippen LogP contribution in [0.5, 0.6) is 0 Å². The van der Waals surface area contributed by atoms with E-state index < -0.39 is 20.5 Å². The lowest BCUT2D eigenvalue weighted by molar-refractivity contribution is -0.385. The Kier molecular flexibility index (Phi) is 3.95. The van der Waals surface area contributed by atoms with Gasteiger partial charge in [0.15, 0.2) is 9.84 Å². The molecule has 21 heavy (non-hydrogen) atoms. The third kappa shape index (κ3) is 3.03. The molecule has 0 saturated heterocycles. The van der Waals surface area contributed by atoms with Crippen LogP contribution in [0.15, 0.2) is 47.4 Å². The number of hydrogen-bond acceptors (Lipinski definition) is 5. The molecule has 0 radical (unpaired) electrons. The first kappa shape index (κ1) is 15.0. The second-order valence-electron chi connectivity index (χ2n) is 4.62. The van der Waals surface area contributed by atoms with E-state index in [0.717, 1.165) is 0 Å². The van der Waals surface area contributed by atoms with Gasteiger partial charge in [-0.05, 0) is 24.6 Å². The van der Waals surface area contributed by atoms with Gasteiger partial charge in [-0.3, -0.25) is 10.1 Å². The number of rotatable bonds is 4. The number of benzene rings is 2. The Morgan fingerprint density at radius 2 is 1.81 bits per heavy atom. The van der Waals surface area contributed by atoms with Crippen LogP contribution in [0.4, 0.5) is 11.4 Å². The van der Waals surface area contributed by atoms with E-state index in [2.05, 4.69) is 0 Å². The molecule has 2 N–H and O–H groups in total. The second kappa shape index (κ2) is 5.53. The predicted molar refractivity (Wildman–Crippen MR) is 79.6 cm³/mol. The van der Waals surface area contributed by atoms with Gasteiger partial charge in [0.1, 0.15) is 0 Å². The monoisotopic (exact) mass is 306 g/mol. The Hall–Kier alpha value is -2.41. The summed E-state index contributed by atoms with van der Waals surface area (Å²) < 4.78 is 24.9. The standard InChI is InChI=1S/C14H14N2O4S/c1-10-12(15)6-4-8-14(10)21(19,20)9-11-5-2-3-7-13(11)16(17)18/h2-8H,9,15H2,1H3. The summed E-state index contributed by atoms with van der Waals surface area (Å²) in [4.78, 5) is 10.5. The molecule has 0 aromatic heterocycles. The second-order valence-corrected chi connectivity index (χ2v) is 6.57. The highest BCUT2D eigenvalue weighted by Gasteiger charge is 2.23. The van der Waals surface area contributed by atoms with Gasteiger partial charge in [0, 0.05) is 17.3 Å². The van der Waals surface area contributed by atoms with Gasteiger partial charge >= 0.3 is 0 Å². The van der Waals surface area contributed by atoms with E-state index in [1.54, 1.807) is 25.1 Å². The largest absolute Gasteiger partial charge is 0.398 e. The van der Waals surface area contributed by atoms with Crippen molar-refractivity contribution in [3.8, 4) is 0 Å². The van der Waals surface area contributed by atoms with Gasteiger partial charge in [0.2, 0.25) is 0 Å².